The van der Waals surface area contributed by atoms with Gasteiger partial charge in [0.25, 0.3) is 0 Å². The number of hydrogen-bond acceptors (Lipinski definition) is 2. The molecule has 98 valence electrons. The summed E-state index contributed by atoms with van der Waals surface area (Å²) >= 11 is 5.22. The molecule has 1 amide bonds. The van der Waals surface area contributed by atoms with E-state index < -0.39 is 6.09 Å². The van der Waals surface area contributed by atoms with Crippen LogP contribution in [-0.4, -0.2) is 34.9 Å². The fourth-order valence-electron chi connectivity index (χ4n) is 2.12. The summed E-state index contributed by atoms with van der Waals surface area (Å²) in [6.07, 6.45) is 1.33. The maximum Gasteiger partial charge on any atom is 0.407 e. The molecule has 0 aliphatic carbocycles. The Kier molecular flexibility index (Phi) is 4.95. The number of hydrogen-bond donors (Lipinski definition) is 1. The molecule has 0 bridgehead atoms. The fourth-order valence-corrected chi connectivity index (χ4v) is 3.41. The zero-order chi connectivity index (χ0) is 13.0. The van der Waals surface area contributed by atoms with Crippen molar-refractivity contribution in [2.24, 2.45) is 5.92 Å². The van der Waals surface area contributed by atoms with Crippen molar-refractivity contribution in [3.63, 3.8) is 0 Å². The van der Waals surface area contributed by atoms with E-state index in [1.165, 1.54) is 9.80 Å². The lowest BCUT2D eigenvalue weighted by atomic mass is 10.0. The van der Waals surface area contributed by atoms with Gasteiger partial charge in [0.15, 0.2) is 0 Å². The van der Waals surface area contributed by atoms with Gasteiger partial charge in [0.05, 0.1) is 0 Å². The van der Waals surface area contributed by atoms with Crippen LogP contribution in [0.3, 0.4) is 0 Å². The summed E-state index contributed by atoms with van der Waals surface area (Å²) in [5.41, 5.74) is 0. The Labute approximate surface area is 120 Å². The van der Waals surface area contributed by atoms with Crippen LogP contribution in [0.5, 0.6) is 0 Å². The van der Waals surface area contributed by atoms with Crippen LogP contribution in [0, 0.1) is 5.92 Å². The first-order valence-corrected chi connectivity index (χ1v) is 7.79. The Morgan fingerprint density at radius 2 is 2.17 bits per heavy atom. The van der Waals surface area contributed by atoms with Gasteiger partial charge in [-0.05, 0) is 43.0 Å². The van der Waals surface area contributed by atoms with Crippen LogP contribution in [0.15, 0.2) is 33.6 Å². The van der Waals surface area contributed by atoms with Crippen LogP contribution in [0.1, 0.15) is 12.8 Å². The van der Waals surface area contributed by atoms with Gasteiger partial charge in [-0.25, -0.2) is 4.79 Å². The zero-order valence-electron chi connectivity index (χ0n) is 10.0. The number of piperidine rings is 1. The third-order valence-corrected chi connectivity index (χ3v) is 4.86. The maximum atomic E-state index is 10.9. The van der Waals surface area contributed by atoms with Gasteiger partial charge in [0, 0.05) is 28.2 Å². The van der Waals surface area contributed by atoms with Crippen molar-refractivity contribution in [3.05, 3.63) is 28.7 Å². The summed E-state index contributed by atoms with van der Waals surface area (Å²) < 4.78 is 1.08. The highest BCUT2D eigenvalue weighted by molar-refractivity contribution is 9.10. The van der Waals surface area contributed by atoms with Crippen molar-refractivity contribution in [1.82, 2.24) is 4.90 Å². The minimum Gasteiger partial charge on any atom is -0.465 e. The summed E-state index contributed by atoms with van der Waals surface area (Å²) in [6.45, 7) is 1.37. The molecule has 1 aromatic rings. The molecule has 1 heterocycles. The highest BCUT2D eigenvalue weighted by Gasteiger charge is 2.22. The van der Waals surface area contributed by atoms with Crippen LogP contribution in [-0.2, 0) is 0 Å². The van der Waals surface area contributed by atoms with E-state index >= 15 is 0 Å². The average Bonchev–Trinajstić information content (AvgIpc) is 2.38. The monoisotopic (exact) mass is 329 g/mol. The number of amides is 1. The van der Waals surface area contributed by atoms with Crippen LogP contribution in [0.25, 0.3) is 0 Å². The molecule has 1 aliphatic heterocycles. The first-order chi connectivity index (χ1) is 8.65. The van der Waals surface area contributed by atoms with Gasteiger partial charge in [0.2, 0.25) is 0 Å². The van der Waals surface area contributed by atoms with Crippen molar-refractivity contribution >= 4 is 33.8 Å². The Balaban J connectivity index is 1.82. The SMILES string of the molecule is O=C(O)N1CCCC(CSc2ccc(Br)cc2)C1. The third-order valence-electron chi connectivity index (χ3n) is 3.09. The standard InChI is InChI=1S/C13H16BrNO2S/c14-11-3-5-12(6-4-11)18-9-10-2-1-7-15(8-10)13(16)17/h3-6,10H,1-2,7-9H2,(H,16,17). The number of thioether (sulfide) groups is 1. The molecule has 0 spiro atoms. The van der Waals surface area contributed by atoms with Crippen LogP contribution in [0.4, 0.5) is 4.79 Å². The highest BCUT2D eigenvalue weighted by atomic mass is 79.9. The number of benzene rings is 1. The Hall–Kier alpha value is -0.680. The van der Waals surface area contributed by atoms with Crippen LogP contribution < -0.4 is 0 Å². The normalized spacial score (nSPS) is 19.8. The van der Waals surface area contributed by atoms with Crippen molar-refractivity contribution < 1.29 is 9.90 Å². The predicted octanol–water partition coefficient (Wildman–Crippen LogP) is 3.93. The number of carbonyl (C=O) groups is 1. The molecule has 1 aromatic carbocycles. The molecule has 0 saturated carbocycles. The van der Waals surface area contributed by atoms with Gasteiger partial charge in [-0.2, -0.15) is 0 Å². The van der Waals surface area contributed by atoms with Gasteiger partial charge in [-0.1, -0.05) is 15.9 Å². The Bertz CT molecular complexity index is 410. The third kappa shape index (κ3) is 3.92. The van der Waals surface area contributed by atoms with E-state index in [9.17, 15) is 4.79 Å². The summed E-state index contributed by atoms with van der Waals surface area (Å²) in [5, 5.41) is 8.99. The summed E-state index contributed by atoms with van der Waals surface area (Å²) in [4.78, 5) is 13.7. The van der Waals surface area contributed by atoms with E-state index in [0.29, 0.717) is 19.0 Å². The largest absolute Gasteiger partial charge is 0.465 e. The molecule has 1 N–H and O–H groups in total. The van der Waals surface area contributed by atoms with Crippen molar-refractivity contribution in [2.45, 2.75) is 17.7 Å². The maximum absolute atomic E-state index is 10.9. The van der Waals surface area contributed by atoms with E-state index in [4.69, 9.17) is 5.11 Å². The summed E-state index contributed by atoms with van der Waals surface area (Å²) in [7, 11) is 0. The lowest BCUT2D eigenvalue weighted by molar-refractivity contribution is 0.124. The number of carboxylic acid groups (broad SMARTS) is 1. The lowest BCUT2D eigenvalue weighted by Gasteiger charge is -2.30. The van der Waals surface area contributed by atoms with Gasteiger partial charge in [-0.3, -0.25) is 0 Å². The summed E-state index contributed by atoms with van der Waals surface area (Å²) in [6, 6.07) is 8.25. The van der Waals surface area contributed by atoms with Gasteiger partial charge in [0.1, 0.15) is 0 Å². The summed E-state index contributed by atoms with van der Waals surface area (Å²) in [5.74, 6) is 1.47. The topological polar surface area (TPSA) is 40.5 Å². The fraction of sp³-hybridized carbons (Fsp3) is 0.462. The van der Waals surface area contributed by atoms with E-state index in [1.54, 1.807) is 0 Å². The van der Waals surface area contributed by atoms with Crippen LogP contribution in [0.2, 0.25) is 0 Å². The molecule has 18 heavy (non-hydrogen) atoms. The minimum absolute atomic E-state index is 0.475. The molecule has 5 heteroatoms. The number of likely N-dealkylation sites (tertiary alicyclic amines) is 1. The second kappa shape index (κ2) is 6.48. The first kappa shape index (κ1) is 13.7. The van der Waals surface area contributed by atoms with Crippen molar-refractivity contribution in [3.8, 4) is 0 Å². The van der Waals surface area contributed by atoms with Gasteiger partial charge in [-0.15, -0.1) is 11.8 Å². The average molecular weight is 330 g/mol. The highest BCUT2D eigenvalue weighted by Crippen LogP contribution is 2.26. The molecule has 0 radical (unpaired) electrons. The minimum atomic E-state index is -0.784. The molecular formula is C13H16BrNO2S. The molecule has 1 saturated heterocycles. The Morgan fingerprint density at radius 1 is 1.44 bits per heavy atom. The molecule has 0 aromatic heterocycles. The molecule has 1 unspecified atom stereocenters. The van der Waals surface area contributed by atoms with Gasteiger partial charge < -0.3 is 10.0 Å². The first-order valence-electron chi connectivity index (χ1n) is 6.01. The van der Waals surface area contributed by atoms with E-state index in [-0.39, 0.29) is 0 Å². The molecular weight excluding hydrogens is 314 g/mol. The van der Waals surface area contributed by atoms with Crippen molar-refractivity contribution in [2.75, 3.05) is 18.8 Å². The number of halogens is 1. The molecule has 1 fully saturated rings. The quantitative estimate of drug-likeness (QED) is 0.854. The zero-order valence-corrected chi connectivity index (χ0v) is 12.4. The van der Waals surface area contributed by atoms with Crippen molar-refractivity contribution in [1.29, 1.82) is 0 Å². The van der Waals surface area contributed by atoms with E-state index in [0.717, 1.165) is 23.1 Å². The molecule has 2 rings (SSSR count). The van der Waals surface area contributed by atoms with Gasteiger partial charge >= 0.3 is 6.09 Å². The van der Waals surface area contributed by atoms with E-state index in [2.05, 4.69) is 28.1 Å². The lowest BCUT2D eigenvalue weighted by Crippen LogP contribution is -2.39. The number of rotatable bonds is 3. The molecule has 1 atom stereocenters. The smallest absolute Gasteiger partial charge is 0.407 e. The predicted molar refractivity (Wildman–Crippen MR) is 77.2 cm³/mol. The molecule has 1 aliphatic rings. The second-order valence-electron chi connectivity index (χ2n) is 4.50. The Morgan fingerprint density at radius 3 is 2.83 bits per heavy atom. The second-order valence-corrected chi connectivity index (χ2v) is 6.51. The molecule has 3 nitrogen and oxygen atoms in total. The van der Waals surface area contributed by atoms with E-state index in [1.807, 2.05) is 23.9 Å². The van der Waals surface area contributed by atoms with Crippen LogP contribution >= 0.6 is 27.7 Å². The number of nitrogens with zero attached hydrogens (tertiary/aromatic N) is 1.